The van der Waals surface area contributed by atoms with E-state index >= 15 is 0 Å². The number of fused-ring (bicyclic) bond motifs is 3. The molecule has 1 aliphatic heterocycles. The third-order valence-electron chi connectivity index (χ3n) is 5.67. The van der Waals surface area contributed by atoms with Crippen molar-refractivity contribution in [3.05, 3.63) is 56.0 Å². The molecule has 30 heavy (non-hydrogen) atoms. The van der Waals surface area contributed by atoms with Gasteiger partial charge in [-0.3, -0.25) is 18.7 Å². The van der Waals surface area contributed by atoms with Gasteiger partial charge in [-0.1, -0.05) is 11.6 Å². The average molecular weight is 425 g/mol. The lowest BCUT2D eigenvalue weighted by Crippen LogP contribution is -2.25. The van der Waals surface area contributed by atoms with Gasteiger partial charge in [0.1, 0.15) is 0 Å². The van der Waals surface area contributed by atoms with Crippen molar-refractivity contribution >= 4 is 28.0 Å². The molecule has 1 unspecified atom stereocenters. The van der Waals surface area contributed by atoms with E-state index < -0.39 is 0 Å². The van der Waals surface area contributed by atoms with Crippen LogP contribution in [0.2, 0.25) is 0 Å². The van der Waals surface area contributed by atoms with Crippen molar-refractivity contribution < 1.29 is 4.74 Å². The molecule has 8 nitrogen and oxygen atoms in total. The monoisotopic (exact) mass is 424 g/mol. The van der Waals surface area contributed by atoms with Crippen LogP contribution in [0.25, 0.3) is 16.7 Å². The first kappa shape index (κ1) is 19.3. The van der Waals surface area contributed by atoms with Gasteiger partial charge in [0.15, 0.2) is 5.82 Å². The zero-order valence-corrected chi connectivity index (χ0v) is 18.1. The standard InChI is InChI=1S/C21H24N6O2S/c1-13-4-5-18-17(8-13)20(28)25(3)21-24-23-19(27(18)21)10-26-7-6-16(9-26)29-11-15-12-30-14(2)22-15/h4-5,8,12,16H,6-7,9-11H2,1-3H3. The quantitative estimate of drug-likeness (QED) is 0.490. The van der Waals surface area contributed by atoms with Crippen LogP contribution in [-0.4, -0.2) is 48.2 Å². The second-order valence-corrected chi connectivity index (χ2v) is 9.01. The summed E-state index contributed by atoms with van der Waals surface area (Å²) in [7, 11) is 1.75. The fourth-order valence-electron chi connectivity index (χ4n) is 4.12. The molecular formula is C21H24N6O2S. The van der Waals surface area contributed by atoms with Crippen LogP contribution >= 0.6 is 11.3 Å². The number of hydrogen-bond acceptors (Lipinski definition) is 7. The molecule has 0 aliphatic carbocycles. The number of aromatic nitrogens is 5. The van der Waals surface area contributed by atoms with E-state index in [1.165, 1.54) is 0 Å². The molecule has 0 spiro atoms. The van der Waals surface area contributed by atoms with Gasteiger partial charge in [0.05, 0.1) is 40.9 Å². The van der Waals surface area contributed by atoms with E-state index in [0.29, 0.717) is 24.3 Å². The second-order valence-electron chi connectivity index (χ2n) is 7.95. The van der Waals surface area contributed by atoms with Crippen molar-refractivity contribution in [2.75, 3.05) is 13.1 Å². The molecule has 0 bridgehead atoms. The van der Waals surface area contributed by atoms with Crippen LogP contribution < -0.4 is 5.56 Å². The van der Waals surface area contributed by atoms with E-state index in [-0.39, 0.29) is 11.7 Å². The molecule has 3 aromatic heterocycles. The summed E-state index contributed by atoms with van der Waals surface area (Å²) in [6, 6.07) is 5.93. The summed E-state index contributed by atoms with van der Waals surface area (Å²) in [5.41, 5.74) is 2.86. The molecule has 0 saturated carbocycles. The highest BCUT2D eigenvalue weighted by Crippen LogP contribution is 2.20. The van der Waals surface area contributed by atoms with Crippen LogP contribution in [0, 0.1) is 13.8 Å². The lowest BCUT2D eigenvalue weighted by molar-refractivity contribution is 0.0443. The third-order valence-corrected chi connectivity index (χ3v) is 6.49. The highest BCUT2D eigenvalue weighted by Gasteiger charge is 2.25. The molecule has 1 aliphatic rings. The maximum Gasteiger partial charge on any atom is 0.262 e. The van der Waals surface area contributed by atoms with Gasteiger partial charge < -0.3 is 4.74 Å². The predicted molar refractivity (Wildman–Crippen MR) is 116 cm³/mol. The van der Waals surface area contributed by atoms with E-state index in [1.807, 2.05) is 36.4 Å². The van der Waals surface area contributed by atoms with Crippen LogP contribution in [0.1, 0.15) is 28.5 Å². The summed E-state index contributed by atoms with van der Waals surface area (Å²) < 4.78 is 9.65. The minimum atomic E-state index is -0.0490. The second kappa shape index (κ2) is 7.57. The number of nitrogens with zero attached hydrogens (tertiary/aromatic N) is 6. The van der Waals surface area contributed by atoms with Crippen LogP contribution in [0.15, 0.2) is 28.4 Å². The highest BCUT2D eigenvalue weighted by atomic mass is 32.1. The van der Waals surface area contributed by atoms with Gasteiger partial charge >= 0.3 is 0 Å². The van der Waals surface area contributed by atoms with Crippen LogP contribution in [0.4, 0.5) is 0 Å². The first-order chi connectivity index (χ1) is 14.5. The normalized spacial score (nSPS) is 17.5. The summed E-state index contributed by atoms with van der Waals surface area (Å²) in [6.45, 7) is 7.02. The average Bonchev–Trinajstić information content (AvgIpc) is 3.45. The summed E-state index contributed by atoms with van der Waals surface area (Å²) in [5, 5.41) is 12.5. The van der Waals surface area contributed by atoms with Gasteiger partial charge in [-0.05, 0) is 32.4 Å². The first-order valence-corrected chi connectivity index (χ1v) is 11.0. The maximum absolute atomic E-state index is 12.7. The Morgan fingerprint density at radius 3 is 2.93 bits per heavy atom. The number of benzene rings is 1. The molecule has 1 atom stereocenters. The number of likely N-dealkylation sites (tertiary alicyclic amines) is 1. The van der Waals surface area contributed by atoms with Crippen molar-refractivity contribution in [1.82, 2.24) is 29.0 Å². The summed E-state index contributed by atoms with van der Waals surface area (Å²) >= 11 is 1.65. The Hall–Kier alpha value is -2.62. The maximum atomic E-state index is 12.7. The highest BCUT2D eigenvalue weighted by molar-refractivity contribution is 7.09. The topological polar surface area (TPSA) is 77.5 Å². The lowest BCUT2D eigenvalue weighted by Gasteiger charge is -2.16. The first-order valence-electron chi connectivity index (χ1n) is 10.1. The van der Waals surface area contributed by atoms with Crippen LogP contribution in [0.3, 0.4) is 0 Å². The Morgan fingerprint density at radius 2 is 2.13 bits per heavy atom. The molecule has 0 amide bonds. The van der Waals surface area contributed by atoms with Crippen molar-refractivity contribution in [1.29, 1.82) is 0 Å². The summed E-state index contributed by atoms with van der Waals surface area (Å²) in [5.74, 6) is 1.41. The minimum absolute atomic E-state index is 0.0490. The molecule has 156 valence electrons. The molecule has 4 aromatic rings. The molecule has 4 heterocycles. The summed E-state index contributed by atoms with van der Waals surface area (Å²) in [6.07, 6.45) is 1.17. The van der Waals surface area contributed by atoms with Gasteiger partial charge in [0.25, 0.3) is 5.56 Å². The van der Waals surface area contributed by atoms with Crippen LogP contribution in [-0.2, 0) is 24.9 Å². The van der Waals surface area contributed by atoms with E-state index in [2.05, 4.69) is 25.5 Å². The Bertz CT molecular complexity index is 1290. The molecule has 0 N–H and O–H groups in total. The molecule has 1 fully saturated rings. The molecule has 5 rings (SSSR count). The minimum Gasteiger partial charge on any atom is -0.371 e. The number of thiazole rings is 1. The van der Waals surface area contributed by atoms with E-state index in [1.54, 1.807) is 23.0 Å². The number of ether oxygens (including phenoxy) is 1. The summed E-state index contributed by atoms with van der Waals surface area (Å²) in [4.78, 5) is 19.5. The van der Waals surface area contributed by atoms with Gasteiger partial charge in [-0.25, -0.2) is 4.98 Å². The molecule has 1 aromatic carbocycles. The number of rotatable bonds is 5. The van der Waals surface area contributed by atoms with Gasteiger partial charge in [0.2, 0.25) is 5.78 Å². The third kappa shape index (κ3) is 3.42. The Balaban J connectivity index is 1.37. The van der Waals surface area contributed by atoms with Gasteiger partial charge in [-0.2, -0.15) is 0 Å². The van der Waals surface area contributed by atoms with Crippen molar-refractivity contribution in [3.63, 3.8) is 0 Å². The molecule has 9 heteroatoms. The van der Waals surface area contributed by atoms with Gasteiger partial charge in [0, 0.05) is 25.5 Å². The zero-order valence-electron chi connectivity index (χ0n) is 17.3. The van der Waals surface area contributed by atoms with Crippen molar-refractivity contribution in [3.8, 4) is 0 Å². The van der Waals surface area contributed by atoms with Gasteiger partial charge in [-0.15, -0.1) is 21.5 Å². The molecule has 0 radical (unpaired) electrons. The van der Waals surface area contributed by atoms with E-state index in [4.69, 9.17) is 4.74 Å². The van der Waals surface area contributed by atoms with Crippen LogP contribution in [0.5, 0.6) is 0 Å². The zero-order chi connectivity index (χ0) is 20.8. The number of aryl methyl sites for hydroxylation is 3. The smallest absolute Gasteiger partial charge is 0.262 e. The number of hydrogen-bond donors (Lipinski definition) is 0. The largest absolute Gasteiger partial charge is 0.371 e. The van der Waals surface area contributed by atoms with Crippen molar-refractivity contribution in [2.45, 2.75) is 39.5 Å². The predicted octanol–water partition coefficient (Wildman–Crippen LogP) is 2.45. The Labute approximate surface area is 177 Å². The SMILES string of the molecule is Cc1ccc2c(c1)c(=O)n(C)c1nnc(CN3CCC(OCc4csc(C)n4)C3)n21. The van der Waals surface area contributed by atoms with Crippen molar-refractivity contribution in [2.24, 2.45) is 7.05 Å². The fraction of sp³-hybridized carbons (Fsp3) is 0.429. The molecular weight excluding hydrogens is 400 g/mol. The van der Waals surface area contributed by atoms with E-state index in [9.17, 15) is 4.79 Å². The Morgan fingerprint density at radius 1 is 1.27 bits per heavy atom. The van der Waals surface area contributed by atoms with E-state index in [0.717, 1.165) is 47.1 Å². The molecule has 1 saturated heterocycles. The fourth-order valence-corrected chi connectivity index (χ4v) is 4.71. The lowest BCUT2D eigenvalue weighted by atomic mass is 10.1. The Kier molecular flexibility index (Phi) is 4.88.